The van der Waals surface area contributed by atoms with E-state index in [1.807, 2.05) is 42.2 Å². The van der Waals surface area contributed by atoms with E-state index in [4.69, 9.17) is 0 Å². The van der Waals surface area contributed by atoms with Crippen LogP contribution in [0.1, 0.15) is 28.3 Å². The number of nitrogens with one attached hydrogen (secondary N) is 2. The van der Waals surface area contributed by atoms with Crippen LogP contribution >= 0.6 is 0 Å². The van der Waals surface area contributed by atoms with Gasteiger partial charge in [-0.05, 0) is 43.5 Å². The molecule has 0 saturated heterocycles. The largest absolute Gasteiger partial charge is 0.352 e. The van der Waals surface area contributed by atoms with Crippen molar-refractivity contribution < 1.29 is 0 Å². The fourth-order valence-corrected chi connectivity index (χ4v) is 3.91. The molecule has 0 saturated carbocycles. The first-order chi connectivity index (χ1) is 16.1. The van der Waals surface area contributed by atoms with Gasteiger partial charge in [0.2, 0.25) is 0 Å². The van der Waals surface area contributed by atoms with Crippen LogP contribution < -0.4 is 10.6 Å². The van der Waals surface area contributed by atoms with E-state index in [1.165, 1.54) is 5.56 Å². The Morgan fingerprint density at radius 1 is 0.970 bits per heavy atom. The smallest absolute Gasteiger partial charge is 0.191 e. The molecule has 0 atom stereocenters. The van der Waals surface area contributed by atoms with Crippen LogP contribution in [-0.2, 0) is 26.1 Å². The fourth-order valence-electron chi connectivity index (χ4n) is 3.91. The molecular formula is C26H31N7. The second-order valence-electron chi connectivity index (χ2n) is 8.02. The van der Waals surface area contributed by atoms with Crippen LogP contribution in [0.5, 0.6) is 0 Å². The van der Waals surface area contributed by atoms with Crippen molar-refractivity contribution >= 4 is 5.96 Å². The molecule has 0 radical (unpaired) electrons. The van der Waals surface area contributed by atoms with Gasteiger partial charge in [0, 0.05) is 38.2 Å². The van der Waals surface area contributed by atoms with Crippen molar-refractivity contribution in [2.75, 3.05) is 7.05 Å². The second-order valence-corrected chi connectivity index (χ2v) is 8.02. The lowest BCUT2D eigenvalue weighted by Crippen LogP contribution is -2.37. The number of benzene rings is 2. The summed E-state index contributed by atoms with van der Waals surface area (Å²) in [6.45, 7) is 6.21. The molecule has 7 nitrogen and oxygen atoms in total. The van der Waals surface area contributed by atoms with E-state index >= 15 is 0 Å². The minimum Gasteiger partial charge on any atom is -0.352 e. The minimum absolute atomic E-state index is 0.598. The molecule has 2 aromatic heterocycles. The minimum atomic E-state index is 0.598. The molecule has 0 spiro atoms. The van der Waals surface area contributed by atoms with E-state index in [2.05, 4.69) is 79.7 Å². The second kappa shape index (κ2) is 10.6. The molecule has 0 amide bonds. The van der Waals surface area contributed by atoms with E-state index < -0.39 is 0 Å². The number of guanidine groups is 1. The molecule has 0 bridgehead atoms. The Morgan fingerprint density at radius 3 is 2.48 bits per heavy atom. The van der Waals surface area contributed by atoms with Gasteiger partial charge in [-0.2, -0.15) is 5.10 Å². The summed E-state index contributed by atoms with van der Waals surface area (Å²) in [4.78, 5) is 8.91. The van der Waals surface area contributed by atoms with Crippen molar-refractivity contribution in [2.24, 2.45) is 4.99 Å². The van der Waals surface area contributed by atoms with Gasteiger partial charge < -0.3 is 15.2 Å². The van der Waals surface area contributed by atoms with E-state index in [-0.39, 0.29) is 0 Å². The van der Waals surface area contributed by atoms with Crippen LogP contribution in [0.3, 0.4) is 0 Å². The highest BCUT2D eigenvalue weighted by molar-refractivity contribution is 5.79. The number of nitrogens with zero attached hydrogens (tertiary/aromatic N) is 5. The number of hydrogen-bond acceptors (Lipinski definition) is 3. The van der Waals surface area contributed by atoms with Crippen molar-refractivity contribution in [2.45, 2.75) is 39.9 Å². The van der Waals surface area contributed by atoms with Gasteiger partial charge in [-0.3, -0.25) is 4.99 Å². The molecule has 2 aromatic carbocycles. The van der Waals surface area contributed by atoms with Crippen LogP contribution in [0.15, 0.2) is 78.0 Å². The first-order valence-corrected chi connectivity index (χ1v) is 11.2. The third-order valence-corrected chi connectivity index (χ3v) is 5.60. The van der Waals surface area contributed by atoms with E-state index in [1.54, 1.807) is 7.05 Å². The molecule has 170 valence electrons. The molecule has 2 N–H and O–H groups in total. The van der Waals surface area contributed by atoms with Crippen molar-refractivity contribution in [3.05, 3.63) is 101 Å². The van der Waals surface area contributed by atoms with Gasteiger partial charge in [0.05, 0.1) is 17.9 Å². The monoisotopic (exact) mass is 441 g/mol. The number of aryl methyl sites for hydroxylation is 4. The highest BCUT2D eigenvalue weighted by Gasteiger charge is 2.10. The zero-order chi connectivity index (χ0) is 23.0. The van der Waals surface area contributed by atoms with Gasteiger partial charge in [-0.15, -0.1) is 0 Å². The van der Waals surface area contributed by atoms with Gasteiger partial charge in [0.25, 0.3) is 0 Å². The van der Waals surface area contributed by atoms with Crippen LogP contribution in [0, 0.1) is 13.8 Å². The van der Waals surface area contributed by atoms with Crippen LogP contribution in [0.2, 0.25) is 0 Å². The number of rotatable bonds is 8. The highest BCUT2D eigenvalue weighted by atomic mass is 15.3. The predicted molar refractivity (Wildman–Crippen MR) is 132 cm³/mol. The molecule has 2 heterocycles. The molecule has 0 unspecified atom stereocenters. The number of para-hydroxylation sites is 1. The molecular weight excluding hydrogens is 410 g/mol. The summed E-state index contributed by atoms with van der Waals surface area (Å²) in [6, 6.07) is 20.9. The predicted octanol–water partition coefficient (Wildman–Crippen LogP) is 3.79. The summed E-state index contributed by atoms with van der Waals surface area (Å²) in [7, 11) is 1.78. The Balaban J connectivity index is 1.36. The highest BCUT2D eigenvalue weighted by Crippen LogP contribution is 2.17. The zero-order valence-electron chi connectivity index (χ0n) is 19.5. The summed E-state index contributed by atoms with van der Waals surface area (Å²) >= 11 is 0. The van der Waals surface area contributed by atoms with Crippen LogP contribution in [0.4, 0.5) is 0 Å². The third kappa shape index (κ3) is 5.68. The van der Waals surface area contributed by atoms with Gasteiger partial charge in [-0.25, -0.2) is 9.67 Å². The van der Waals surface area contributed by atoms with Gasteiger partial charge in [0.15, 0.2) is 5.96 Å². The number of hydrogen-bond donors (Lipinski definition) is 2. The van der Waals surface area contributed by atoms with Crippen LogP contribution in [0.25, 0.3) is 5.69 Å². The molecule has 33 heavy (non-hydrogen) atoms. The summed E-state index contributed by atoms with van der Waals surface area (Å²) in [6.07, 6.45) is 4.85. The molecule has 0 aliphatic heterocycles. The lowest BCUT2D eigenvalue weighted by molar-refractivity contribution is 0.634. The number of aliphatic imine (C=N–C) groups is 1. The van der Waals surface area contributed by atoms with Gasteiger partial charge in [-0.1, -0.05) is 48.5 Å². The lowest BCUT2D eigenvalue weighted by atomic mass is 10.1. The maximum absolute atomic E-state index is 4.64. The molecule has 4 rings (SSSR count). The first kappa shape index (κ1) is 22.3. The SMILES string of the molecule is CN=C(NCc1ccccc1-n1nc(C)cc1C)NCc1nccn1CCc1ccccc1. The Labute approximate surface area is 195 Å². The first-order valence-electron chi connectivity index (χ1n) is 11.2. The lowest BCUT2D eigenvalue weighted by Gasteiger charge is -2.15. The van der Waals surface area contributed by atoms with Crippen LogP contribution in [-0.4, -0.2) is 32.3 Å². The maximum atomic E-state index is 4.64. The standard InChI is InChI=1S/C26H31N7/c1-20-17-21(2)33(31-20)24-12-8-7-11-23(24)18-29-26(27-3)30-19-25-28-14-16-32(25)15-13-22-9-5-4-6-10-22/h4-12,14,16-17H,13,15,18-19H2,1-3H3,(H2,27,29,30). The van der Waals surface area contributed by atoms with E-state index in [0.717, 1.165) is 47.4 Å². The Hall–Kier alpha value is -3.87. The number of imidazole rings is 1. The summed E-state index contributed by atoms with van der Waals surface area (Å²) in [5.74, 6) is 1.72. The van der Waals surface area contributed by atoms with Crippen molar-refractivity contribution in [3.8, 4) is 5.69 Å². The Kier molecular flexibility index (Phi) is 7.19. The topological polar surface area (TPSA) is 72.1 Å². The van der Waals surface area contributed by atoms with Crippen molar-refractivity contribution in [1.82, 2.24) is 30.0 Å². The molecule has 7 heteroatoms. The Morgan fingerprint density at radius 2 is 1.73 bits per heavy atom. The fraction of sp³-hybridized carbons (Fsp3) is 0.269. The molecule has 0 aliphatic rings. The quantitative estimate of drug-likeness (QED) is 0.322. The summed E-state index contributed by atoms with van der Waals surface area (Å²) < 4.78 is 4.18. The molecule has 4 aromatic rings. The van der Waals surface area contributed by atoms with Crippen molar-refractivity contribution in [1.29, 1.82) is 0 Å². The summed E-state index contributed by atoms with van der Waals surface area (Å²) in [5, 5.41) is 11.5. The van der Waals surface area contributed by atoms with Gasteiger partial charge in [0.1, 0.15) is 5.82 Å². The molecule has 0 aliphatic carbocycles. The van der Waals surface area contributed by atoms with Gasteiger partial charge >= 0.3 is 0 Å². The average Bonchev–Trinajstić information content (AvgIpc) is 3.43. The van der Waals surface area contributed by atoms with Crippen molar-refractivity contribution in [3.63, 3.8) is 0 Å². The number of aromatic nitrogens is 4. The van der Waals surface area contributed by atoms with E-state index in [9.17, 15) is 0 Å². The maximum Gasteiger partial charge on any atom is 0.191 e. The zero-order valence-corrected chi connectivity index (χ0v) is 19.5. The normalized spacial score (nSPS) is 11.5. The third-order valence-electron chi connectivity index (χ3n) is 5.60. The molecule has 0 fully saturated rings. The average molecular weight is 442 g/mol. The van der Waals surface area contributed by atoms with E-state index in [0.29, 0.717) is 13.1 Å². The summed E-state index contributed by atoms with van der Waals surface area (Å²) in [5.41, 5.74) is 5.67. The Bertz CT molecular complexity index is 1200.